The number of rotatable bonds is 7. The van der Waals surface area contributed by atoms with E-state index in [-0.39, 0.29) is 17.9 Å². The van der Waals surface area contributed by atoms with E-state index in [0.29, 0.717) is 25.0 Å². The number of carbonyl (C=O) groups excluding carboxylic acids is 1. The molecule has 0 heterocycles. The van der Waals surface area contributed by atoms with Gasteiger partial charge in [0.15, 0.2) is 0 Å². The molecule has 1 aromatic rings. The molecule has 2 N–H and O–H groups in total. The summed E-state index contributed by atoms with van der Waals surface area (Å²) in [5.41, 5.74) is 0. The van der Waals surface area contributed by atoms with E-state index in [9.17, 15) is 9.59 Å². The Balaban J connectivity index is 1.66. The largest absolute Gasteiger partial charge is 0.497 e. The van der Waals surface area contributed by atoms with Gasteiger partial charge in [0.25, 0.3) is 0 Å². The van der Waals surface area contributed by atoms with E-state index in [1.54, 1.807) is 18.9 Å². The van der Waals surface area contributed by atoms with Crippen molar-refractivity contribution in [2.45, 2.75) is 36.6 Å². The number of thioether (sulfide) groups is 1. The summed E-state index contributed by atoms with van der Waals surface area (Å²) in [7, 11) is 1.63. The van der Waals surface area contributed by atoms with Crippen molar-refractivity contribution in [2.75, 3.05) is 12.9 Å². The Morgan fingerprint density at radius 2 is 2.05 bits per heavy atom. The zero-order valence-electron chi connectivity index (χ0n) is 12.6. The van der Waals surface area contributed by atoms with Crippen molar-refractivity contribution in [3.8, 4) is 5.75 Å². The van der Waals surface area contributed by atoms with Gasteiger partial charge in [-0.3, -0.25) is 9.59 Å². The maximum Gasteiger partial charge on any atom is 0.306 e. The van der Waals surface area contributed by atoms with Gasteiger partial charge in [0.05, 0.1) is 13.0 Å². The molecule has 120 valence electrons. The molecular weight excluding hydrogens is 302 g/mol. The summed E-state index contributed by atoms with van der Waals surface area (Å²) >= 11 is 1.62. The Morgan fingerprint density at radius 1 is 1.32 bits per heavy atom. The predicted octanol–water partition coefficient (Wildman–Crippen LogP) is 2.55. The van der Waals surface area contributed by atoms with Crippen molar-refractivity contribution < 1.29 is 19.4 Å². The smallest absolute Gasteiger partial charge is 0.306 e. The zero-order valence-corrected chi connectivity index (χ0v) is 13.4. The average Bonchev–Trinajstić information content (AvgIpc) is 2.96. The topological polar surface area (TPSA) is 75.6 Å². The summed E-state index contributed by atoms with van der Waals surface area (Å²) in [6.45, 7) is 0. The van der Waals surface area contributed by atoms with Crippen LogP contribution >= 0.6 is 11.8 Å². The summed E-state index contributed by atoms with van der Waals surface area (Å²) in [6.07, 6.45) is 2.40. The van der Waals surface area contributed by atoms with Crippen molar-refractivity contribution in [2.24, 2.45) is 5.92 Å². The van der Waals surface area contributed by atoms with Gasteiger partial charge in [-0.05, 0) is 43.5 Å². The molecule has 0 unspecified atom stereocenters. The van der Waals surface area contributed by atoms with E-state index in [1.807, 2.05) is 24.3 Å². The van der Waals surface area contributed by atoms with Gasteiger partial charge in [-0.25, -0.2) is 0 Å². The second-order valence-corrected chi connectivity index (χ2v) is 6.55. The van der Waals surface area contributed by atoms with Crippen LogP contribution in [-0.2, 0) is 9.59 Å². The van der Waals surface area contributed by atoms with Crippen LogP contribution in [0, 0.1) is 5.92 Å². The number of hydrogen-bond donors (Lipinski definition) is 2. The van der Waals surface area contributed by atoms with Crippen molar-refractivity contribution in [1.82, 2.24) is 5.32 Å². The fourth-order valence-corrected chi connectivity index (χ4v) is 3.42. The number of methoxy groups -OCH3 is 1. The molecule has 1 amide bonds. The van der Waals surface area contributed by atoms with Crippen LogP contribution in [0.3, 0.4) is 0 Å². The second kappa shape index (κ2) is 8.08. The van der Waals surface area contributed by atoms with Crippen LogP contribution in [0.15, 0.2) is 29.2 Å². The lowest BCUT2D eigenvalue weighted by atomic mass is 10.1. The number of ether oxygens (including phenoxy) is 1. The standard InChI is InChI=1S/C16H21NO4S/c1-21-13-4-6-14(7-5-13)22-9-8-15(18)17-12-3-2-11(10-12)16(19)20/h4-7,11-12H,2-3,8-10H2,1H3,(H,17,18)(H,19,20)/t11-,12+/m0/s1. The van der Waals surface area contributed by atoms with E-state index in [4.69, 9.17) is 9.84 Å². The van der Waals surface area contributed by atoms with Crippen LogP contribution in [-0.4, -0.2) is 35.9 Å². The molecule has 0 radical (unpaired) electrons. The van der Waals surface area contributed by atoms with Gasteiger partial charge >= 0.3 is 5.97 Å². The summed E-state index contributed by atoms with van der Waals surface area (Å²) in [4.78, 5) is 23.9. The molecule has 0 aliphatic heterocycles. The lowest BCUT2D eigenvalue weighted by Gasteiger charge is -2.12. The lowest BCUT2D eigenvalue weighted by Crippen LogP contribution is -2.33. The first kappa shape index (κ1) is 16.7. The van der Waals surface area contributed by atoms with Crippen LogP contribution < -0.4 is 10.1 Å². The fourth-order valence-electron chi connectivity index (χ4n) is 2.57. The van der Waals surface area contributed by atoms with Crippen LogP contribution in [0.4, 0.5) is 0 Å². The number of nitrogens with one attached hydrogen (secondary N) is 1. The van der Waals surface area contributed by atoms with Crippen LogP contribution in [0.5, 0.6) is 5.75 Å². The van der Waals surface area contributed by atoms with Crippen LogP contribution in [0.1, 0.15) is 25.7 Å². The van der Waals surface area contributed by atoms with E-state index >= 15 is 0 Å². The minimum atomic E-state index is -0.758. The highest BCUT2D eigenvalue weighted by atomic mass is 32.2. The molecule has 6 heteroatoms. The van der Waals surface area contributed by atoms with Gasteiger partial charge < -0.3 is 15.2 Å². The van der Waals surface area contributed by atoms with Crippen molar-refractivity contribution in [1.29, 1.82) is 0 Å². The molecule has 1 saturated carbocycles. The predicted molar refractivity (Wildman–Crippen MR) is 85.2 cm³/mol. The molecule has 22 heavy (non-hydrogen) atoms. The molecule has 2 rings (SSSR count). The Hall–Kier alpha value is -1.69. The van der Waals surface area contributed by atoms with Gasteiger partial charge in [0, 0.05) is 23.1 Å². The second-order valence-electron chi connectivity index (χ2n) is 5.39. The van der Waals surface area contributed by atoms with Gasteiger partial charge in [0.2, 0.25) is 5.91 Å². The minimum Gasteiger partial charge on any atom is -0.497 e. The normalized spacial score (nSPS) is 20.6. The Kier molecular flexibility index (Phi) is 6.12. The third-order valence-corrected chi connectivity index (χ3v) is 4.82. The number of benzene rings is 1. The molecule has 1 aliphatic carbocycles. The summed E-state index contributed by atoms with van der Waals surface area (Å²) < 4.78 is 5.10. The van der Waals surface area contributed by atoms with E-state index < -0.39 is 5.97 Å². The number of amides is 1. The number of hydrogen-bond acceptors (Lipinski definition) is 4. The van der Waals surface area contributed by atoms with Gasteiger partial charge in [-0.15, -0.1) is 11.8 Å². The first-order chi connectivity index (χ1) is 10.6. The highest BCUT2D eigenvalue weighted by Gasteiger charge is 2.30. The maximum atomic E-state index is 11.9. The van der Waals surface area contributed by atoms with Crippen LogP contribution in [0.25, 0.3) is 0 Å². The molecule has 1 aromatic carbocycles. The maximum absolute atomic E-state index is 11.9. The quantitative estimate of drug-likeness (QED) is 0.754. The average molecular weight is 323 g/mol. The molecule has 5 nitrogen and oxygen atoms in total. The summed E-state index contributed by atoms with van der Waals surface area (Å²) in [5.74, 6) is 0.451. The van der Waals surface area contributed by atoms with E-state index in [0.717, 1.165) is 17.1 Å². The first-order valence-corrected chi connectivity index (χ1v) is 8.36. The lowest BCUT2D eigenvalue weighted by molar-refractivity contribution is -0.141. The fraction of sp³-hybridized carbons (Fsp3) is 0.500. The van der Waals surface area contributed by atoms with Gasteiger partial charge in [-0.2, -0.15) is 0 Å². The molecular formula is C16H21NO4S. The highest BCUT2D eigenvalue weighted by Crippen LogP contribution is 2.26. The number of carboxylic acids is 1. The zero-order chi connectivity index (χ0) is 15.9. The van der Waals surface area contributed by atoms with Crippen molar-refractivity contribution in [3.05, 3.63) is 24.3 Å². The van der Waals surface area contributed by atoms with Crippen molar-refractivity contribution >= 4 is 23.6 Å². The van der Waals surface area contributed by atoms with Crippen LogP contribution in [0.2, 0.25) is 0 Å². The third kappa shape index (κ3) is 4.94. The summed E-state index contributed by atoms with van der Waals surface area (Å²) in [5, 5.41) is 11.9. The Morgan fingerprint density at radius 3 is 2.64 bits per heavy atom. The number of carboxylic acid groups (broad SMARTS) is 1. The Labute approximate surface area is 134 Å². The first-order valence-electron chi connectivity index (χ1n) is 7.37. The SMILES string of the molecule is COc1ccc(SCCC(=O)N[C@@H]2CC[C@H](C(=O)O)C2)cc1. The monoisotopic (exact) mass is 323 g/mol. The number of carbonyl (C=O) groups is 2. The van der Waals surface area contributed by atoms with E-state index in [1.165, 1.54) is 0 Å². The van der Waals surface area contributed by atoms with Gasteiger partial charge in [-0.1, -0.05) is 0 Å². The molecule has 0 bridgehead atoms. The third-order valence-electron chi connectivity index (χ3n) is 3.80. The van der Waals surface area contributed by atoms with Crippen molar-refractivity contribution in [3.63, 3.8) is 0 Å². The molecule has 1 aliphatic rings. The molecule has 0 spiro atoms. The number of aliphatic carboxylic acids is 1. The molecule has 2 atom stereocenters. The summed E-state index contributed by atoms with van der Waals surface area (Å²) in [6, 6.07) is 7.74. The van der Waals surface area contributed by atoms with Gasteiger partial charge in [0.1, 0.15) is 5.75 Å². The highest BCUT2D eigenvalue weighted by molar-refractivity contribution is 7.99. The minimum absolute atomic E-state index is 0.00273. The molecule has 0 aromatic heterocycles. The molecule has 1 fully saturated rings. The Bertz CT molecular complexity index is 517. The molecule has 0 saturated heterocycles. The van der Waals surface area contributed by atoms with E-state index in [2.05, 4.69) is 5.32 Å².